The summed E-state index contributed by atoms with van der Waals surface area (Å²) in [4.78, 5) is 4.56. The van der Waals surface area contributed by atoms with Crippen molar-refractivity contribution in [2.75, 3.05) is 11.9 Å². The normalized spacial score (nSPS) is 11.1. The lowest BCUT2D eigenvalue weighted by Crippen LogP contribution is -1.95. The lowest BCUT2D eigenvalue weighted by atomic mass is 10.2. The van der Waals surface area contributed by atoms with Crippen LogP contribution in [0.3, 0.4) is 0 Å². The summed E-state index contributed by atoms with van der Waals surface area (Å²) in [6.45, 7) is 2.94. The van der Waals surface area contributed by atoms with E-state index in [4.69, 9.17) is 4.42 Å². The molecule has 0 spiro atoms. The maximum Gasteiger partial charge on any atom is 0.135 e. The minimum Gasteiger partial charge on any atom is -0.464 e. The van der Waals surface area contributed by atoms with Gasteiger partial charge < -0.3 is 9.73 Å². The van der Waals surface area contributed by atoms with E-state index in [-0.39, 0.29) is 0 Å². The smallest absolute Gasteiger partial charge is 0.135 e. The molecule has 3 aromatic rings. The van der Waals surface area contributed by atoms with Gasteiger partial charge in [0.25, 0.3) is 0 Å². The molecule has 16 heavy (non-hydrogen) atoms. The van der Waals surface area contributed by atoms with E-state index in [0.717, 1.165) is 34.2 Å². The number of hydrogen-bond donors (Lipinski definition) is 1. The lowest BCUT2D eigenvalue weighted by Gasteiger charge is -1.96. The summed E-state index contributed by atoms with van der Waals surface area (Å²) in [5.74, 6) is 0.925. The molecule has 3 nitrogen and oxygen atoms in total. The molecular formula is C13H12N2O. The molecule has 0 aliphatic rings. The maximum atomic E-state index is 5.43. The fraction of sp³-hybridized carbons (Fsp3) is 0.154. The second kappa shape index (κ2) is 3.52. The van der Waals surface area contributed by atoms with E-state index in [2.05, 4.69) is 23.3 Å². The molecule has 3 rings (SSSR count). The molecule has 1 aromatic carbocycles. The van der Waals surface area contributed by atoms with Crippen LogP contribution in [0.1, 0.15) is 6.92 Å². The van der Waals surface area contributed by atoms with Gasteiger partial charge >= 0.3 is 0 Å². The summed E-state index contributed by atoms with van der Waals surface area (Å²) in [5, 5.41) is 5.42. The van der Waals surface area contributed by atoms with Crippen molar-refractivity contribution in [3.05, 3.63) is 36.6 Å². The van der Waals surface area contributed by atoms with Gasteiger partial charge in [-0.15, -0.1) is 0 Å². The predicted octanol–water partition coefficient (Wildman–Crippen LogP) is 3.41. The Balaban J connectivity index is 2.32. The predicted molar refractivity (Wildman–Crippen MR) is 65.7 cm³/mol. The number of benzene rings is 1. The third-order valence-corrected chi connectivity index (χ3v) is 2.63. The van der Waals surface area contributed by atoms with E-state index in [1.807, 2.05) is 24.3 Å². The highest BCUT2D eigenvalue weighted by Crippen LogP contribution is 2.26. The van der Waals surface area contributed by atoms with Crippen molar-refractivity contribution in [1.29, 1.82) is 0 Å². The number of anilines is 1. The third kappa shape index (κ3) is 1.33. The van der Waals surface area contributed by atoms with E-state index < -0.39 is 0 Å². The van der Waals surface area contributed by atoms with Crippen LogP contribution in [0.15, 0.2) is 41.0 Å². The third-order valence-electron chi connectivity index (χ3n) is 2.63. The first kappa shape index (κ1) is 9.21. The van der Waals surface area contributed by atoms with Crippen LogP contribution in [0.2, 0.25) is 0 Å². The molecule has 3 heteroatoms. The van der Waals surface area contributed by atoms with Crippen molar-refractivity contribution < 1.29 is 4.42 Å². The van der Waals surface area contributed by atoms with E-state index in [1.165, 1.54) is 0 Å². The molecule has 0 atom stereocenters. The van der Waals surface area contributed by atoms with Gasteiger partial charge in [-0.25, -0.2) is 4.98 Å². The second-order valence-corrected chi connectivity index (χ2v) is 3.70. The number of nitrogens with one attached hydrogen (secondary N) is 1. The van der Waals surface area contributed by atoms with Crippen molar-refractivity contribution in [3.63, 3.8) is 0 Å². The van der Waals surface area contributed by atoms with Gasteiger partial charge in [0.2, 0.25) is 0 Å². The highest BCUT2D eigenvalue weighted by molar-refractivity contribution is 6.04. The summed E-state index contributed by atoms with van der Waals surface area (Å²) in [7, 11) is 0. The molecule has 2 heterocycles. The Morgan fingerprint density at radius 1 is 1.31 bits per heavy atom. The fourth-order valence-corrected chi connectivity index (χ4v) is 1.93. The average molecular weight is 212 g/mol. The summed E-state index contributed by atoms with van der Waals surface area (Å²) >= 11 is 0. The zero-order valence-electron chi connectivity index (χ0n) is 9.03. The van der Waals surface area contributed by atoms with Gasteiger partial charge in [-0.05, 0) is 37.3 Å². The highest BCUT2D eigenvalue weighted by atomic mass is 16.3. The zero-order valence-corrected chi connectivity index (χ0v) is 9.03. The molecular weight excluding hydrogens is 200 g/mol. The average Bonchev–Trinajstić information content (AvgIpc) is 2.72. The van der Waals surface area contributed by atoms with Crippen LogP contribution < -0.4 is 5.32 Å². The highest BCUT2D eigenvalue weighted by Gasteiger charge is 2.06. The Bertz CT molecular complexity index is 643. The molecule has 1 N–H and O–H groups in total. The number of aromatic nitrogens is 1. The zero-order chi connectivity index (χ0) is 11.0. The molecule has 2 aromatic heterocycles. The van der Waals surface area contributed by atoms with Crippen molar-refractivity contribution in [3.8, 4) is 0 Å². The maximum absolute atomic E-state index is 5.43. The Morgan fingerprint density at radius 2 is 2.25 bits per heavy atom. The van der Waals surface area contributed by atoms with Gasteiger partial charge in [-0.2, -0.15) is 0 Å². The first-order valence-corrected chi connectivity index (χ1v) is 5.39. The number of hydrogen-bond acceptors (Lipinski definition) is 3. The van der Waals surface area contributed by atoms with Crippen molar-refractivity contribution >= 4 is 27.7 Å². The van der Waals surface area contributed by atoms with Crippen LogP contribution in [0.25, 0.3) is 21.9 Å². The molecule has 0 saturated heterocycles. The monoisotopic (exact) mass is 212 g/mol. The summed E-state index contributed by atoms with van der Waals surface area (Å²) in [5.41, 5.74) is 1.87. The van der Waals surface area contributed by atoms with Crippen LogP contribution in [-0.4, -0.2) is 11.5 Å². The number of fused-ring (bicyclic) bond motifs is 3. The van der Waals surface area contributed by atoms with E-state index in [9.17, 15) is 0 Å². The molecule has 0 aliphatic heterocycles. The minimum atomic E-state index is 0.871. The Hall–Kier alpha value is -2.03. The van der Waals surface area contributed by atoms with Crippen LogP contribution in [-0.2, 0) is 0 Å². The van der Waals surface area contributed by atoms with Gasteiger partial charge in [0.05, 0.1) is 11.8 Å². The Kier molecular flexibility index (Phi) is 2.03. The second-order valence-electron chi connectivity index (χ2n) is 3.70. The summed E-state index contributed by atoms with van der Waals surface area (Å²) in [6.07, 6.45) is 1.68. The molecule has 0 aliphatic carbocycles. The SMILES string of the molecule is CCNc1cc2ccc3occcc3c2n1. The van der Waals surface area contributed by atoms with Crippen LogP contribution in [0, 0.1) is 0 Å². The van der Waals surface area contributed by atoms with Crippen LogP contribution in [0.5, 0.6) is 0 Å². The van der Waals surface area contributed by atoms with Crippen LogP contribution >= 0.6 is 0 Å². The van der Waals surface area contributed by atoms with Gasteiger partial charge in [0, 0.05) is 17.3 Å². The number of rotatable bonds is 2. The topological polar surface area (TPSA) is 38.1 Å². The first-order valence-electron chi connectivity index (χ1n) is 5.39. The van der Waals surface area contributed by atoms with Crippen LogP contribution in [0.4, 0.5) is 5.82 Å². The molecule has 0 saturated carbocycles. The molecule has 80 valence electrons. The fourth-order valence-electron chi connectivity index (χ4n) is 1.93. The lowest BCUT2D eigenvalue weighted by molar-refractivity contribution is 0.604. The summed E-state index contributed by atoms with van der Waals surface area (Å²) in [6, 6.07) is 10.0. The van der Waals surface area contributed by atoms with E-state index in [0.29, 0.717) is 0 Å². The van der Waals surface area contributed by atoms with E-state index in [1.54, 1.807) is 6.26 Å². The largest absolute Gasteiger partial charge is 0.464 e. The minimum absolute atomic E-state index is 0.871. The van der Waals surface area contributed by atoms with Gasteiger partial charge in [-0.3, -0.25) is 0 Å². The van der Waals surface area contributed by atoms with Crippen molar-refractivity contribution in [2.24, 2.45) is 0 Å². The van der Waals surface area contributed by atoms with Crippen molar-refractivity contribution in [2.45, 2.75) is 6.92 Å². The molecule has 0 unspecified atom stereocenters. The van der Waals surface area contributed by atoms with Gasteiger partial charge in [-0.1, -0.05) is 0 Å². The Morgan fingerprint density at radius 3 is 3.12 bits per heavy atom. The Labute approximate surface area is 93.1 Å². The molecule has 0 radical (unpaired) electrons. The van der Waals surface area contributed by atoms with E-state index >= 15 is 0 Å². The molecule has 0 bridgehead atoms. The molecule has 0 fully saturated rings. The summed E-state index contributed by atoms with van der Waals surface area (Å²) < 4.78 is 5.43. The van der Waals surface area contributed by atoms with Crippen molar-refractivity contribution in [1.82, 2.24) is 4.98 Å². The quantitative estimate of drug-likeness (QED) is 0.707. The van der Waals surface area contributed by atoms with Gasteiger partial charge in [0.15, 0.2) is 0 Å². The van der Waals surface area contributed by atoms with Gasteiger partial charge in [0.1, 0.15) is 11.4 Å². The standard InChI is InChI=1S/C13H12N2O/c1-2-14-12-8-9-5-6-11-10(13(9)15-12)4-3-7-16-11/h3-8,14H,2H2,1H3. The number of nitrogens with zero attached hydrogens (tertiary/aromatic N) is 1. The molecule has 0 amide bonds. The first-order chi connectivity index (χ1) is 7.88.